The molecule has 0 saturated carbocycles. The molecule has 4 nitrogen and oxygen atoms in total. The van der Waals surface area contributed by atoms with Crippen molar-refractivity contribution < 1.29 is 17.5 Å². The fourth-order valence-electron chi connectivity index (χ4n) is 3.44. The highest BCUT2D eigenvalue weighted by Crippen LogP contribution is 2.18. The van der Waals surface area contributed by atoms with Gasteiger partial charge < -0.3 is 4.48 Å². The van der Waals surface area contributed by atoms with E-state index in [1.165, 1.54) is 56.1 Å². The van der Waals surface area contributed by atoms with Crippen molar-refractivity contribution in [2.45, 2.75) is 71.3 Å². The molecule has 0 radical (unpaired) electrons. The van der Waals surface area contributed by atoms with Crippen LogP contribution in [0.25, 0.3) is 0 Å². The van der Waals surface area contributed by atoms with E-state index in [9.17, 15) is 8.42 Å². The molecule has 5 heteroatoms. The minimum Gasteiger partial charge on any atom is -0.325 e. The molecular weight excluding hydrogens is 346 g/mol. The van der Waals surface area contributed by atoms with E-state index in [1.54, 1.807) is 0 Å². The Morgan fingerprint density at radius 2 is 1.46 bits per heavy atom. The van der Waals surface area contributed by atoms with Crippen LogP contribution in [0.3, 0.4) is 0 Å². The van der Waals surface area contributed by atoms with Crippen molar-refractivity contribution in [3.8, 4) is 0 Å². The second kappa shape index (κ2) is 11.7. The molecule has 150 valence electrons. The van der Waals surface area contributed by atoms with E-state index < -0.39 is 10.1 Å². The van der Waals surface area contributed by atoms with Crippen LogP contribution in [-0.2, 0) is 23.1 Å². The molecule has 1 rings (SSSR count). The normalized spacial score (nSPS) is 12.5. The molecule has 0 aliphatic rings. The Morgan fingerprint density at radius 3 is 2.08 bits per heavy atom. The Kier molecular flexibility index (Phi) is 10.4. The summed E-state index contributed by atoms with van der Waals surface area (Å²) in [5.74, 6) is -0.158. The first-order valence-electron chi connectivity index (χ1n) is 10.1. The monoisotopic (exact) mass is 384 g/mol. The molecule has 0 aromatic heterocycles. The standard InChI is InChI=1S/C21H37NO3S/c1-4-5-6-7-8-9-10-14-20-15-11-12-16-21(20)19-22(2,3)17-13-18-26(23,24)25/h11-12,15-16H,4-10,13-14,17-19H2,1-3H3/p+1. The van der Waals surface area contributed by atoms with Crippen molar-refractivity contribution in [3.63, 3.8) is 0 Å². The highest BCUT2D eigenvalue weighted by atomic mass is 32.2. The first-order valence-corrected chi connectivity index (χ1v) is 11.7. The first-order chi connectivity index (χ1) is 12.2. The Bertz CT molecular complexity index is 611. The van der Waals surface area contributed by atoms with Gasteiger partial charge in [0.05, 0.1) is 26.4 Å². The van der Waals surface area contributed by atoms with Crippen molar-refractivity contribution in [1.29, 1.82) is 0 Å². The van der Waals surface area contributed by atoms with E-state index in [-0.39, 0.29) is 5.75 Å². The van der Waals surface area contributed by atoms with Gasteiger partial charge in [-0.3, -0.25) is 4.55 Å². The van der Waals surface area contributed by atoms with Gasteiger partial charge in [0.15, 0.2) is 0 Å². The van der Waals surface area contributed by atoms with Crippen LogP contribution in [0.15, 0.2) is 24.3 Å². The van der Waals surface area contributed by atoms with Crippen LogP contribution < -0.4 is 0 Å². The third-order valence-corrected chi connectivity index (χ3v) is 5.74. The van der Waals surface area contributed by atoms with Gasteiger partial charge in [0.1, 0.15) is 6.54 Å². The lowest BCUT2D eigenvalue weighted by molar-refractivity contribution is -0.903. The molecule has 0 fully saturated rings. The van der Waals surface area contributed by atoms with Crippen molar-refractivity contribution in [1.82, 2.24) is 0 Å². The average Bonchev–Trinajstić information content (AvgIpc) is 2.53. The summed E-state index contributed by atoms with van der Waals surface area (Å²) in [4.78, 5) is 0. The van der Waals surface area contributed by atoms with E-state index in [2.05, 4.69) is 45.3 Å². The molecule has 1 aromatic carbocycles. The number of benzene rings is 1. The minimum atomic E-state index is -3.86. The second-order valence-electron chi connectivity index (χ2n) is 8.10. The summed E-state index contributed by atoms with van der Waals surface area (Å²) in [6, 6.07) is 8.62. The fourth-order valence-corrected chi connectivity index (χ4v) is 3.94. The summed E-state index contributed by atoms with van der Waals surface area (Å²) in [6.07, 6.45) is 10.8. The van der Waals surface area contributed by atoms with Gasteiger partial charge in [0.2, 0.25) is 0 Å². The van der Waals surface area contributed by atoms with Gasteiger partial charge in [0, 0.05) is 12.0 Å². The summed E-state index contributed by atoms with van der Waals surface area (Å²) >= 11 is 0. The van der Waals surface area contributed by atoms with Crippen molar-refractivity contribution in [2.24, 2.45) is 0 Å². The maximum absolute atomic E-state index is 10.9. The molecule has 0 saturated heterocycles. The number of hydrogen-bond donors (Lipinski definition) is 1. The predicted octanol–water partition coefficient (Wildman–Crippen LogP) is 4.83. The van der Waals surface area contributed by atoms with E-state index in [1.807, 2.05) is 0 Å². The van der Waals surface area contributed by atoms with Crippen molar-refractivity contribution in [2.75, 3.05) is 26.4 Å². The topological polar surface area (TPSA) is 54.4 Å². The van der Waals surface area contributed by atoms with Gasteiger partial charge >= 0.3 is 0 Å². The van der Waals surface area contributed by atoms with E-state index in [4.69, 9.17) is 4.55 Å². The van der Waals surface area contributed by atoms with Crippen LogP contribution in [0.4, 0.5) is 0 Å². The zero-order valence-electron chi connectivity index (χ0n) is 16.9. The average molecular weight is 385 g/mol. The number of unbranched alkanes of at least 4 members (excludes halogenated alkanes) is 6. The quantitative estimate of drug-likeness (QED) is 0.284. The lowest BCUT2D eigenvalue weighted by Crippen LogP contribution is -2.40. The molecule has 0 aliphatic carbocycles. The molecule has 0 heterocycles. The summed E-state index contributed by atoms with van der Waals surface area (Å²) < 4.78 is 31.4. The molecule has 1 aromatic rings. The first kappa shape index (κ1) is 23.1. The Morgan fingerprint density at radius 1 is 0.885 bits per heavy atom. The molecule has 0 aliphatic heterocycles. The summed E-state index contributed by atoms with van der Waals surface area (Å²) in [6.45, 7) is 3.86. The molecule has 0 atom stereocenters. The number of hydrogen-bond acceptors (Lipinski definition) is 2. The van der Waals surface area contributed by atoms with E-state index >= 15 is 0 Å². The third-order valence-electron chi connectivity index (χ3n) is 4.93. The Labute approximate surface area is 161 Å². The minimum absolute atomic E-state index is 0.158. The van der Waals surface area contributed by atoms with Crippen LogP contribution in [0.5, 0.6) is 0 Å². The van der Waals surface area contributed by atoms with Crippen LogP contribution in [-0.4, -0.2) is 43.8 Å². The summed E-state index contributed by atoms with van der Waals surface area (Å²) in [7, 11) is 0.378. The largest absolute Gasteiger partial charge is 0.325 e. The number of rotatable bonds is 14. The lowest BCUT2D eigenvalue weighted by atomic mass is 9.99. The van der Waals surface area contributed by atoms with E-state index in [0.717, 1.165) is 24.0 Å². The molecule has 26 heavy (non-hydrogen) atoms. The van der Waals surface area contributed by atoms with Crippen molar-refractivity contribution in [3.05, 3.63) is 35.4 Å². The molecule has 0 bridgehead atoms. The highest BCUT2D eigenvalue weighted by Gasteiger charge is 2.19. The van der Waals surface area contributed by atoms with E-state index in [0.29, 0.717) is 6.42 Å². The number of quaternary nitrogens is 1. The summed E-state index contributed by atoms with van der Waals surface area (Å²) in [5.41, 5.74) is 2.78. The SMILES string of the molecule is CCCCCCCCCc1ccccc1C[N+](C)(C)CCCS(=O)(=O)O. The van der Waals surface area contributed by atoms with Crippen LogP contribution in [0.2, 0.25) is 0 Å². The predicted molar refractivity (Wildman–Crippen MR) is 110 cm³/mol. The van der Waals surface area contributed by atoms with Gasteiger partial charge in [0.25, 0.3) is 10.1 Å². The van der Waals surface area contributed by atoms with Crippen molar-refractivity contribution >= 4 is 10.1 Å². The molecule has 0 amide bonds. The highest BCUT2D eigenvalue weighted by molar-refractivity contribution is 7.85. The zero-order chi connectivity index (χ0) is 19.5. The van der Waals surface area contributed by atoms with Crippen LogP contribution in [0, 0.1) is 0 Å². The lowest BCUT2D eigenvalue weighted by Gasteiger charge is -2.30. The maximum Gasteiger partial charge on any atom is 0.265 e. The van der Waals surface area contributed by atoms with Gasteiger partial charge in [-0.15, -0.1) is 0 Å². The van der Waals surface area contributed by atoms with Gasteiger partial charge in [-0.2, -0.15) is 8.42 Å². The molecule has 0 unspecified atom stereocenters. The van der Waals surface area contributed by atoms with Crippen LogP contribution >= 0.6 is 0 Å². The smallest absolute Gasteiger partial charge is 0.265 e. The van der Waals surface area contributed by atoms with Gasteiger partial charge in [-0.25, -0.2) is 0 Å². The zero-order valence-corrected chi connectivity index (χ0v) is 17.7. The maximum atomic E-state index is 10.9. The Balaban J connectivity index is 2.46. The number of aryl methyl sites for hydroxylation is 1. The Hall–Kier alpha value is -0.910. The third kappa shape index (κ3) is 10.9. The molecule has 0 spiro atoms. The fraction of sp³-hybridized carbons (Fsp3) is 0.714. The van der Waals surface area contributed by atoms with Gasteiger partial charge in [-0.05, 0) is 18.4 Å². The van der Waals surface area contributed by atoms with Gasteiger partial charge in [-0.1, -0.05) is 69.7 Å². The van der Waals surface area contributed by atoms with Crippen LogP contribution in [0.1, 0.15) is 69.4 Å². The second-order valence-corrected chi connectivity index (χ2v) is 9.67. The summed E-state index contributed by atoms with van der Waals surface area (Å²) in [5, 5.41) is 0. The molecule has 1 N–H and O–H groups in total. The molecular formula is C21H38NO3S+. The number of nitrogens with zero attached hydrogens (tertiary/aromatic N) is 1.